The molecule has 0 aliphatic rings. The number of hydrogen-bond acceptors (Lipinski definition) is 6. The van der Waals surface area contributed by atoms with Crippen molar-refractivity contribution in [2.75, 3.05) is 0 Å². The lowest BCUT2D eigenvalue weighted by molar-refractivity contribution is -0.387. The van der Waals surface area contributed by atoms with Gasteiger partial charge in [0.1, 0.15) is 6.04 Å². The zero-order valence-electron chi connectivity index (χ0n) is 11.1. The van der Waals surface area contributed by atoms with Crippen LogP contribution < -0.4 is 16.6 Å². The predicted octanol–water partition coefficient (Wildman–Crippen LogP) is -1.96. The molecule has 11 heteroatoms. The van der Waals surface area contributed by atoms with Crippen LogP contribution in [0.3, 0.4) is 0 Å². The van der Waals surface area contributed by atoms with Crippen molar-refractivity contribution >= 4 is 17.6 Å². The Morgan fingerprint density at radius 2 is 2.05 bits per heavy atom. The molecule has 1 rings (SSSR count). The number of carbonyl (C=O) groups excluding carboxylic acids is 1. The molecule has 0 spiro atoms. The van der Waals surface area contributed by atoms with Gasteiger partial charge >= 0.3 is 22.9 Å². The van der Waals surface area contributed by atoms with E-state index in [-0.39, 0.29) is 0 Å². The number of aryl methyl sites for hydroxylation is 1. The van der Waals surface area contributed by atoms with E-state index in [9.17, 15) is 29.3 Å². The summed E-state index contributed by atoms with van der Waals surface area (Å²) in [5.74, 6) is -2.16. The van der Waals surface area contributed by atoms with Gasteiger partial charge in [-0.25, -0.2) is 9.59 Å². The van der Waals surface area contributed by atoms with E-state index in [1.807, 2.05) is 5.32 Å². The molecule has 1 atom stereocenters. The van der Waals surface area contributed by atoms with E-state index in [0.717, 1.165) is 17.7 Å². The van der Waals surface area contributed by atoms with Crippen LogP contribution in [0.5, 0.6) is 0 Å². The molecule has 21 heavy (non-hydrogen) atoms. The summed E-state index contributed by atoms with van der Waals surface area (Å²) in [5.41, 5.74) is -3.04. The Hall–Kier alpha value is -2.98. The zero-order valence-corrected chi connectivity index (χ0v) is 11.1. The summed E-state index contributed by atoms with van der Waals surface area (Å²) in [5, 5.41) is 21.7. The predicted molar refractivity (Wildman–Crippen MR) is 67.8 cm³/mol. The van der Waals surface area contributed by atoms with Crippen LogP contribution in [0.15, 0.2) is 15.8 Å². The Morgan fingerprint density at radius 3 is 2.48 bits per heavy atom. The fourth-order valence-electron chi connectivity index (χ4n) is 1.61. The average Bonchev–Trinajstić information content (AvgIpc) is 2.36. The molecule has 0 fully saturated rings. The van der Waals surface area contributed by atoms with Crippen LogP contribution in [0.25, 0.3) is 0 Å². The smallest absolute Gasteiger partial charge is 0.350 e. The second-order valence-electron chi connectivity index (χ2n) is 4.17. The van der Waals surface area contributed by atoms with Gasteiger partial charge in [-0.15, -0.1) is 0 Å². The molecule has 1 amide bonds. The van der Waals surface area contributed by atoms with Gasteiger partial charge in [-0.05, 0) is 0 Å². The van der Waals surface area contributed by atoms with Gasteiger partial charge in [0.25, 0.3) is 0 Å². The van der Waals surface area contributed by atoms with E-state index in [1.165, 1.54) is 7.05 Å². The standard InChI is InChI=1S/C10H12N4O7/c1-5(15)11-6(9(17)18)3-13-8(16)7(14(20)21)4-12(2)10(13)19/h4,6H,3H2,1-2H3,(H,11,15)(H,17,18). The zero-order chi connectivity index (χ0) is 16.3. The molecule has 0 radical (unpaired) electrons. The molecular formula is C10H12N4O7. The summed E-state index contributed by atoms with van der Waals surface area (Å²) in [4.78, 5) is 55.3. The molecule has 0 aliphatic heterocycles. The van der Waals surface area contributed by atoms with Crippen LogP contribution in [0.2, 0.25) is 0 Å². The number of hydrogen-bond donors (Lipinski definition) is 2. The first-order valence-corrected chi connectivity index (χ1v) is 5.60. The summed E-state index contributed by atoms with van der Waals surface area (Å²) in [7, 11) is 1.18. The number of aromatic nitrogens is 2. The van der Waals surface area contributed by atoms with E-state index < -0.39 is 46.3 Å². The quantitative estimate of drug-likeness (QED) is 0.473. The molecule has 0 aromatic carbocycles. The summed E-state index contributed by atoms with van der Waals surface area (Å²) in [6.07, 6.45) is 0.745. The first-order chi connectivity index (χ1) is 9.65. The average molecular weight is 300 g/mol. The van der Waals surface area contributed by atoms with Crippen molar-refractivity contribution in [2.45, 2.75) is 19.5 Å². The molecule has 1 aromatic rings. The van der Waals surface area contributed by atoms with E-state index >= 15 is 0 Å². The van der Waals surface area contributed by atoms with Gasteiger partial charge in [-0.1, -0.05) is 0 Å². The van der Waals surface area contributed by atoms with Crippen LogP contribution in [-0.4, -0.2) is 37.1 Å². The van der Waals surface area contributed by atoms with Crippen LogP contribution >= 0.6 is 0 Å². The Kier molecular flexibility index (Phi) is 4.58. The molecule has 11 nitrogen and oxygen atoms in total. The highest BCUT2D eigenvalue weighted by Gasteiger charge is 2.25. The Bertz CT molecular complexity index is 717. The molecule has 1 unspecified atom stereocenters. The van der Waals surface area contributed by atoms with Crippen LogP contribution in [0.4, 0.5) is 5.69 Å². The monoisotopic (exact) mass is 300 g/mol. The summed E-state index contributed by atoms with van der Waals surface area (Å²) < 4.78 is 1.18. The van der Waals surface area contributed by atoms with Gasteiger partial charge < -0.3 is 10.4 Å². The number of aliphatic carboxylic acids is 1. The Labute approximate surface area is 116 Å². The maximum absolute atomic E-state index is 11.8. The molecule has 1 heterocycles. The second kappa shape index (κ2) is 5.98. The lowest BCUT2D eigenvalue weighted by atomic mass is 10.3. The third-order valence-electron chi connectivity index (χ3n) is 2.55. The van der Waals surface area contributed by atoms with Gasteiger partial charge in [-0.2, -0.15) is 0 Å². The van der Waals surface area contributed by atoms with E-state index in [4.69, 9.17) is 5.11 Å². The lowest BCUT2D eigenvalue weighted by Gasteiger charge is -2.14. The number of rotatable bonds is 5. The topological polar surface area (TPSA) is 154 Å². The minimum absolute atomic E-state index is 0.396. The van der Waals surface area contributed by atoms with Crippen LogP contribution in [-0.2, 0) is 23.2 Å². The number of amides is 1. The van der Waals surface area contributed by atoms with Crippen LogP contribution in [0.1, 0.15) is 6.92 Å². The number of nitro groups is 1. The minimum atomic E-state index is -1.56. The second-order valence-corrected chi connectivity index (χ2v) is 4.17. The highest BCUT2D eigenvalue weighted by molar-refractivity contribution is 5.81. The summed E-state index contributed by atoms with van der Waals surface area (Å²) in [6.45, 7) is 0.340. The Morgan fingerprint density at radius 1 is 1.48 bits per heavy atom. The van der Waals surface area contributed by atoms with Crippen molar-refractivity contribution in [3.63, 3.8) is 0 Å². The lowest BCUT2D eigenvalue weighted by Crippen LogP contribution is -2.49. The van der Waals surface area contributed by atoms with Crippen molar-refractivity contribution in [1.29, 1.82) is 0 Å². The first kappa shape index (κ1) is 16.1. The molecule has 1 aromatic heterocycles. The maximum atomic E-state index is 11.8. The van der Waals surface area contributed by atoms with E-state index in [0.29, 0.717) is 4.57 Å². The van der Waals surface area contributed by atoms with Gasteiger partial charge in [0.05, 0.1) is 17.7 Å². The van der Waals surface area contributed by atoms with E-state index in [2.05, 4.69) is 0 Å². The van der Waals surface area contributed by atoms with Gasteiger partial charge in [0.2, 0.25) is 5.91 Å². The largest absolute Gasteiger partial charge is 0.480 e. The molecule has 2 N–H and O–H groups in total. The number of nitrogens with one attached hydrogen (secondary N) is 1. The highest BCUT2D eigenvalue weighted by atomic mass is 16.6. The summed E-state index contributed by atoms with van der Waals surface area (Å²) >= 11 is 0. The normalized spacial score (nSPS) is 11.7. The third-order valence-corrected chi connectivity index (χ3v) is 2.55. The fourth-order valence-corrected chi connectivity index (χ4v) is 1.61. The maximum Gasteiger partial charge on any atom is 0.350 e. The third kappa shape index (κ3) is 3.52. The minimum Gasteiger partial charge on any atom is -0.480 e. The molecular weight excluding hydrogens is 288 g/mol. The van der Waals surface area contributed by atoms with Crippen molar-refractivity contribution < 1.29 is 19.6 Å². The number of carbonyl (C=O) groups is 2. The molecule has 0 aliphatic carbocycles. The van der Waals surface area contributed by atoms with Crippen molar-refractivity contribution in [3.8, 4) is 0 Å². The Balaban J connectivity index is 3.39. The van der Waals surface area contributed by atoms with Gasteiger partial charge in [-0.3, -0.25) is 28.8 Å². The van der Waals surface area contributed by atoms with Crippen molar-refractivity contribution in [3.05, 3.63) is 37.1 Å². The van der Waals surface area contributed by atoms with E-state index in [1.54, 1.807) is 0 Å². The molecule has 0 saturated carbocycles. The highest BCUT2D eigenvalue weighted by Crippen LogP contribution is 2.00. The fraction of sp³-hybridized carbons (Fsp3) is 0.400. The van der Waals surface area contributed by atoms with Crippen molar-refractivity contribution in [2.24, 2.45) is 7.05 Å². The van der Waals surface area contributed by atoms with Crippen LogP contribution in [0, 0.1) is 10.1 Å². The number of carboxylic acids is 1. The first-order valence-electron chi connectivity index (χ1n) is 5.60. The molecule has 0 bridgehead atoms. The van der Waals surface area contributed by atoms with Crippen molar-refractivity contribution in [1.82, 2.24) is 14.5 Å². The molecule has 114 valence electrons. The van der Waals surface area contributed by atoms with Gasteiger partial charge in [0.15, 0.2) is 0 Å². The number of carboxylic acid groups (broad SMARTS) is 1. The SMILES string of the molecule is CC(=O)NC(Cn1c(=O)c([N+](=O)[O-])cn(C)c1=O)C(=O)O. The summed E-state index contributed by atoms with van der Waals surface area (Å²) in [6, 6.07) is -1.56. The number of nitrogens with zero attached hydrogens (tertiary/aromatic N) is 3. The molecule has 0 saturated heterocycles. The van der Waals surface area contributed by atoms with Gasteiger partial charge in [0, 0.05) is 14.0 Å².